The maximum absolute atomic E-state index is 12.1. The van der Waals surface area contributed by atoms with Crippen molar-refractivity contribution < 1.29 is 9.59 Å². The molecule has 0 spiro atoms. The van der Waals surface area contributed by atoms with Crippen molar-refractivity contribution >= 4 is 46.4 Å². The number of likely N-dealkylation sites (N-methyl/N-ethyl adjacent to an activating group) is 1. The third-order valence-electron chi connectivity index (χ3n) is 3.35. The van der Waals surface area contributed by atoms with Crippen LogP contribution >= 0.6 is 23.2 Å². The van der Waals surface area contributed by atoms with Gasteiger partial charge in [0.15, 0.2) is 0 Å². The van der Waals surface area contributed by atoms with Gasteiger partial charge in [0.05, 0.1) is 40.5 Å². The van der Waals surface area contributed by atoms with E-state index in [9.17, 15) is 9.59 Å². The maximum atomic E-state index is 12.1. The molecule has 0 saturated carbocycles. The van der Waals surface area contributed by atoms with Crippen molar-refractivity contribution in [1.29, 1.82) is 5.26 Å². The molecule has 0 fully saturated rings. The summed E-state index contributed by atoms with van der Waals surface area (Å²) in [6, 6.07) is 13.4. The molecular weight excluding hydrogens is 375 g/mol. The summed E-state index contributed by atoms with van der Waals surface area (Å²) in [7, 11) is 1.64. The van der Waals surface area contributed by atoms with Crippen molar-refractivity contribution in [3.05, 3.63) is 58.1 Å². The van der Waals surface area contributed by atoms with Crippen molar-refractivity contribution in [2.75, 3.05) is 30.8 Å². The van der Waals surface area contributed by atoms with E-state index < -0.39 is 0 Å². The second-order valence-electron chi connectivity index (χ2n) is 5.55. The molecule has 0 saturated heterocycles. The number of carbonyl (C=O) groups excluding carboxylic acids is 2. The molecule has 0 aliphatic rings. The molecule has 2 N–H and O–H groups in total. The van der Waals surface area contributed by atoms with Crippen LogP contribution in [-0.2, 0) is 9.59 Å². The van der Waals surface area contributed by atoms with Crippen LogP contribution in [0.15, 0.2) is 42.5 Å². The van der Waals surface area contributed by atoms with Crippen LogP contribution in [0.1, 0.15) is 5.56 Å². The zero-order valence-electron chi connectivity index (χ0n) is 13.9. The van der Waals surface area contributed by atoms with E-state index in [4.69, 9.17) is 28.5 Å². The molecule has 0 aliphatic carbocycles. The Balaban J connectivity index is 1.85. The highest BCUT2D eigenvalue weighted by Crippen LogP contribution is 2.29. The van der Waals surface area contributed by atoms with E-state index in [1.54, 1.807) is 54.4 Å². The maximum Gasteiger partial charge on any atom is 0.238 e. The molecule has 26 heavy (non-hydrogen) atoms. The highest BCUT2D eigenvalue weighted by atomic mass is 35.5. The van der Waals surface area contributed by atoms with Gasteiger partial charge in [-0.3, -0.25) is 14.5 Å². The van der Waals surface area contributed by atoms with E-state index in [1.165, 1.54) is 0 Å². The number of amides is 2. The van der Waals surface area contributed by atoms with Crippen LogP contribution < -0.4 is 10.6 Å². The van der Waals surface area contributed by atoms with Crippen molar-refractivity contribution in [1.82, 2.24) is 4.90 Å². The molecule has 0 unspecified atom stereocenters. The number of carbonyl (C=O) groups is 2. The molecule has 0 atom stereocenters. The number of hydrogen-bond acceptors (Lipinski definition) is 4. The van der Waals surface area contributed by atoms with E-state index in [-0.39, 0.29) is 24.9 Å². The molecule has 0 aromatic heterocycles. The number of nitriles is 1. The van der Waals surface area contributed by atoms with Gasteiger partial charge in [-0.1, -0.05) is 29.3 Å². The SMILES string of the molecule is CN(CC(=O)Nc1ccc(C#N)cc1)CC(=O)Nc1c(Cl)cccc1Cl. The third kappa shape index (κ3) is 5.74. The van der Waals surface area contributed by atoms with E-state index >= 15 is 0 Å². The van der Waals surface area contributed by atoms with Crippen LogP contribution in [0.2, 0.25) is 10.0 Å². The lowest BCUT2D eigenvalue weighted by atomic mass is 10.2. The van der Waals surface area contributed by atoms with E-state index in [1.807, 2.05) is 6.07 Å². The van der Waals surface area contributed by atoms with Crippen molar-refractivity contribution in [2.45, 2.75) is 0 Å². The third-order valence-corrected chi connectivity index (χ3v) is 3.98. The first kappa shape index (κ1) is 19.7. The predicted molar refractivity (Wildman–Crippen MR) is 102 cm³/mol. The van der Waals surface area contributed by atoms with Gasteiger partial charge in [0.25, 0.3) is 0 Å². The summed E-state index contributed by atoms with van der Waals surface area (Å²) in [5, 5.41) is 14.8. The van der Waals surface area contributed by atoms with Gasteiger partial charge >= 0.3 is 0 Å². The molecule has 6 nitrogen and oxygen atoms in total. The number of hydrogen-bond donors (Lipinski definition) is 2. The lowest BCUT2D eigenvalue weighted by molar-refractivity contribution is -0.119. The van der Waals surface area contributed by atoms with Gasteiger partial charge in [0.1, 0.15) is 0 Å². The number of halogens is 2. The van der Waals surface area contributed by atoms with Crippen LogP contribution in [-0.4, -0.2) is 36.9 Å². The van der Waals surface area contributed by atoms with Gasteiger partial charge in [-0.2, -0.15) is 5.26 Å². The van der Waals surface area contributed by atoms with Gasteiger partial charge in [0.2, 0.25) is 11.8 Å². The normalized spacial score (nSPS) is 10.3. The first-order valence-corrected chi connectivity index (χ1v) is 8.37. The Morgan fingerprint density at radius 2 is 1.54 bits per heavy atom. The van der Waals surface area contributed by atoms with Crippen LogP contribution in [0, 0.1) is 11.3 Å². The van der Waals surface area contributed by atoms with E-state index in [0.717, 1.165) is 0 Å². The summed E-state index contributed by atoms with van der Waals surface area (Å²) < 4.78 is 0. The summed E-state index contributed by atoms with van der Waals surface area (Å²) >= 11 is 12.0. The number of nitrogens with one attached hydrogen (secondary N) is 2. The fourth-order valence-corrected chi connectivity index (χ4v) is 2.66. The highest BCUT2D eigenvalue weighted by Gasteiger charge is 2.14. The molecule has 8 heteroatoms. The molecule has 2 rings (SSSR count). The van der Waals surface area contributed by atoms with Crippen LogP contribution in [0.3, 0.4) is 0 Å². The van der Waals surface area contributed by atoms with Crippen LogP contribution in [0.25, 0.3) is 0 Å². The molecule has 134 valence electrons. The molecule has 0 bridgehead atoms. The Kier molecular flexibility index (Phi) is 6.98. The number of rotatable bonds is 6. The number of para-hydroxylation sites is 1. The Morgan fingerprint density at radius 1 is 1.00 bits per heavy atom. The molecular formula is C18H16Cl2N4O2. The lowest BCUT2D eigenvalue weighted by Crippen LogP contribution is -2.36. The Labute approximate surface area is 161 Å². The van der Waals surface area contributed by atoms with E-state index in [2.05, 4.69) is 10.6 Å². The first-order chi connectivity index (χ1) is 12.4. The Hall–Kier alpha value is -2.59. The highest BCUT2D eigenvalue weighted by molar-refractivity contribution is 6.39. The number of nitrogens with zero attached hydrogens (tertiary/aromatic N) is 2. The second-order valence-corrected chi connectivity index (χ2v) is 6.37. The van der Waals surface area contributed by atoms with Gasteiger partial charge in [-0.25, -0.2) is 0 Å². The van der Waals surface area contributed by atoms with Crippen molar-refractivity contribution in [3.8, 4) is 6.07 Å². The average Bonchev–Trinajstić information content (AvgIpc) is 2.58. The zero-order chi connectivity index (χ0) is 19.1. The summed E-state index contributed by atoms with van der Waals surface area (Å²) in [5.74, 6) is -0.616. The molecule has 2 amide bonds. The summed E-state index contributed by atoms with van der Waals surface area (Å²) in [4.78, 5) is 25.7. The standard InChI is InChI=1S/C18H16Cl2N4O2/c1-24(10-16(25)22-13-7-5-12(9-21)6-8-13)11-17(26)23-18-14(19)3-2-4-15(18)20/h2-8H,10-11H2,1H3,(H,22,25)(H,23,26). The molecule has 0 aliphatic heterocycles. The fraction of sp³-hybridized carbons (Fsp3) is 0.167. The van der Waals surface area contributed by atoms with Crippen LogP contribution in [0.5, 0.6) is 0 Å². The van der Waals surface area contributed by atoms with Gasteiger partial charge in [-0.15, -0.1) is 0 Å². The van der Waals surface area contributed by atoms with Gasteiger partial charge < -0.3 is 10.6 Å². The quantitative estimate of drug-likeness (QED) is 0.791. The topological polar surface area (TPSA) is 85.2 Å². The fourth-order valence-electron chi connectivity index (χ4n) is 2.17. The molecule has 2 aromatic rings. The minimum atomic E-state index is -0.339. The van der Waals surface area contributed by atoms with Crippen molar-refractivity contribution in [3.63, 3.8) is 0 Å². The summed E-state index contributed by atoms with van der Waals surface area (Å²) in [5.41, 5.74) is 1.43. The minimum Gasteiger partial charge on any atom is -0.325 e. The Bertz CT molecular complexity index is 827. The van der Waals surface area contributed by atoms with Crippen LogP contribution in [0.4, 0.5) is 11.4 Å². The van der Waals surface area contributed by atoms with Crippen molar-refractivity contribution in [2.24, 2.45) is 0 Å². The monoisotopic (exact) mass is 390 g/mol. The summed E-state index contributed by atoms with van der Waals surface area (Å²) in [6.45, 7) is 0.00597. The van der Waals surface area contributed by atoms with Gasteiger partial charge in [-0.05, 0) is 43.4 Å². The smallest absolute Gasteiger partial charge is 0.238 e. The largest absolute Gasteiger partial charge is 0.325 e. The first-order valence-electron chi connectivity index (χ1n) is 7.61. The Morgan fingerprint density at radius 3 is 2.08 bits per heavy atom. The van der Waals surface area contributed by atoms with E-state index in [0.29, 0.717) is 27.0 Å². The molecule has 0 heterocycles. The number of benzene rings is 2. The lowest BCUT2D eigenvalue weighted by Gasteiger charge is -2.16. The zero-order valence-corrected chi connectivity index (χ0v) is 15.4. The second kappa shape index (κ2) is 9.20. The minimum absolute atomic E-state index is 0.0116. The predicted octanol–water partition coefficient (Wildman–Crippen LogP) is 3.37. The number of anilines is 2. The molecule has 2 aromatic carbocycles. The average molecular weight is 391 g/mol. The summed E-state index contributed by atoms with van der Waals surface area (Å²) in [6.07, 6.45) is 0. The van der Waals surface area contributed by atoms with Gasteiger partial charge in [0, 0.05) is 5.69 Å². The molecule has 0 radical (unpaired) electrons.